The molecule has 1 unspecified atom stereocenters. The lowest BCUT2D eigenvalue weighted by Gasteiger charge is -2.32. The Morgan fingerprint density at radius 2 is 1.92 bits per heavy atom. The molecule has 1 heterocycles. The summed E-state index contributed by atoms with van der Waals surface area (Å²) < 4.78 is 25.3. The highest BCUT2D eigenvalue weighted by Crippen LogP contribution is 2.27. The van der Waals surface area contributed by atoms with Gasteiger partial charge in [0.2, 0.25) is 0 Å². The van der Waals surface area contributed by atoms with Crippen molar-refractivity contribution in [1.29, 1.82) is 0 Å². The molecule has 2 nitrogen and oxygen atoms in total. The lowest BCUT2D eigenvalue weighted by Crippen LogP contribution is -2.44. The molecule has 72 valence electrons. The van der Waals surface area contributed by atoms with Gasteiger partial charge in [0.1, 0.15) is 0 Å². The van der Waals surface area contributed by atoms with Crippen LogP contribution in [0.4, 0.5) is 8.78 Å². The molecule has 1 rings (SSSR count). The Morgan fingerprint density at radius 3 is 2.33 bits per heavy atom. The highest BCUT2D eigenvalue weighted by molar-refractivity contribution is 4.78. The van der Waals surface area contributed by atoms with Gasteiger partial charge < -0.3 is 10.6 Å². The van der Waals surface area contributed by atoms with E-state index in [1.54, 1.807) is 0 Å². The summed E-state index contributed by atoms with van der Waals surface area (Å²) in [7, 11) is 0. The van der Waals surface area contributed by atoms with Crippen molar-refractivity contribution in [2.24, 2.45) is 5.73 Å². The monoisotopic (exact) mass is 178 g/mol. The second-order valence-corrected chi connectivity index (χ2v) is 3.63. The third-order valence-corrected chi connectivity index (χ3v) is 2.13. The lowest BCUT2D eigenvalue weighted by atomic mass is 10.1. The van der Waals surface area contributed by atoms with Gasteiger partial charge in [0.05, 0.1) is 0 Å². The number of nitrogens with two attached hydrogens (primary N) is 1. The molecule has 0 aliphatic carbocycles. The minimum absolute atomic E-state index is 0.0142. The van der Waals surface area contributed by atoms with Gasteiger partial charge in [-0.15, -0.1) is 0 Å². The molecule has 0 spiro atoms. The summed E-state index contributed by atoms with van der Waals surface area (Å²) in [6.07, 6.45) is -0.0283. The Bertz CT molecular complexity index is 138. The van der Waals surface area contributed by atoms with Gasteiger partial charge >= 0.3 is 0 Å². The molecule has 4 heteroatoms. The Labute approximate surface area is 71.7 Å². The van der Waals surface area contributed by atoms with Gasteiger partial charge in [-0.25, -0.2) is 8.78 Å². The zero-order valence-electron chi connectivity index (χ0n) is 7.39. The first-order valence-electron chi connectivity index (χ1n) is 4.35. The van der Waals surface area contributed by atoms with Crippen LogP contribution >= 0.6 is 0 Å². The summed E-state index contributed by atoms with van der Waals surface area (Å²) in [6.45, 7) is 3.59. The minimum Gasteiger partial charge on any atom is -0.327 e. The van der Waals surface area contributed by atoms with Crippen molar-refractivity contribution < 1.29 is 8.78 Å². The summed E-state index contributed by atoms with van der Waals surface area (Å²) in [5.41, 5.74) is 5.56. The molecule has 0 bridgehead atoms. The van der Waals surface area contributed by atoms with Crippen LogP contribution in [0, 0.1) is 0 Å². The second-order valence-electron chi connectivity index (χ2n) is 3.63. The maximum absolute atomic E-state index is 12.7. The molecule has 0 aromatic heterocycles. The fourth-order valence-electron chi connectivity index (χ4n) is 1.47. The number of rotatable bonds is 2. The normalized spacial score (nSPS) is 27.0. The number of likely N-dealkylation sites (tertiary alicyclic amines) is 1. The van der Waals surface area contributed by atoms with Crippen LogP contribution in [0.2, 0.25) is 0 Å². The highest BCUT2D eigenvalue weighted by atomic mass is 19.3. The van der Waals surface area contributed by atoms with Gasteiger partial charge in [0.15, 0.2) is 0 Å². The standard InChI is InChI=1S/C8H16F2N2/c1-7(11)6-12-4-2-8(9,10)3-5-12/h7H,2-6,11H2,1H3. The molecule has 0 saturated carbocycles. The molecule has 0 aromatic carbocycles. The number of nitrogens with zero attached hydrogens (tertiary/aromatic N) is 1. The van der Waals surface area contributed by atoms with Gasteiger partial charge in [-0.3, -0.25) is 0 Å². The van der Waals surface area contributed by atoms with Crippen LogP contribution in [-0.2, 0) is 0 Å². The average Bonchev–Trinajstić information content (AvgIpc) is 1.93. The Kier molecular flexibility index (Phi) is 3.01. The van der Waals surface area contributed by atoms with Crippen LogP contribution in [0.3, 0.4) is 0 Å². The quantitative estimate of drug-likeness (QED) is 0.685. The summed E-state index contributed by atoms with van der Waals surface area (Å²) in [6, 6.07) is 0.0803. The van der Waals surface area contributed by atoms with E-state index in [1.807, 2.05) is 11.8 Å². The Balaban J connectivity index is 2.27. The number of alkyl halides is 2. The molecule has 0 aromatic rings. The molecule has 1 fully saturated rings. The third-order valence-electron chi connectivity index (χ3n) is 2.13. The SMILES string of the molecule is CC(N)CN1CCC(F)(F)CC1. The fourth-order valence-corrected chi connectivity index (χ4v) is 1.47. The van der Waals surface area contributed by atoms with Crippen LogP contribution < -0.4 is 5.73 Å². The van der Waals surface area contributed by atoms with Crippen LogP contribution in [0.5, 0.6) is 0 Å². The molecular weight excluding hydrogens is 162 g/mol. The first kappa shape index (κ1) is 9.86. The lowest BCUT2D eigenvalue weighted by molar-refractivity contribution is -0.0556. The average molecular weight is 178 g/mol. The van der Waals surface area contributed by atoms with E-state index in [9.17, 15) is 8.78 Å². The minimum atomic E-state index is -2.44. The van der Waals surface area contributed by atoms with Gasteiger partial charge in [-0.05, 0) is 6.92 Å². The maximum Gasteiger partial charge on any atom is 0.250 e. The van der Waals surface area contributed by atoms with Crippen molar-refractivity contribution in [3.05, 3.63) is 0 Å². The summed E-state index contributed by atoms with van der Waals surface area (Å²) in [4.78, 5) is 2.00. The summed E-state index contributed by atoms with van der Waals surface area (Å²) >= 11 is 0. The predicted molar refractivity (Wildman–Crippen MR) is 44.3 cm³/mol. The van der Waals surface area contributed by atoms with E-state index in [4.69, 9.17) is 5.73 Å². The molecule has 2 N–H and O–H groups in total. The van der Waals surface area contributed by atoms with Gasteiger partial charge in [0.25, 0.3) is 5.92 Å². The Morgan fingerprint density at radius 1 is 1.42 bits per heavy atom. The topological polar surface area (TPSA) is 29.3 Å². The molecule has 1 aliphatic rings. The van der Waals surface area contributed by atoms with Crippen molar-refractivity contribution in [3.8, 4) is 0 Å². The van der Waals surface area contributed by atoms with E-state index in [2.05, 4.69) is 0 Å². The van der Waals surface area contributed by atoms with Crippen LogP contribution in [-0.4, -0.2) is 36.5 Å². The molecule has 12 heavy (non-hydrogen) atoms. The number of piperidine rings is 1. The molecule has 1 atom stereocenters. The number of halogens is 2. The number of hydrogen-bond acceptors (Lipinski definition) is 2. The molecule has 1 aliphatic heterocycles. The van der Waals surface area contributed by atoms with Crippen molar-refractivity contribution >= 4 is 0 Å². The highest BCUT2D eigenvalue weighted by Gasteiger charge is 2.33. The van der Waals surface area contributed by atoms with Crippen molar-refractivity contribution in [3.63, 3.8) is 0 Å². The van der Waals surface area contributed by atoms with E-state index < -0.39 is 5.92 Å². The smallest absolute Gasteiger partial charge is 0.250 e. The van der Waals surface area contributed by atoms with E-state index in [0.717, 1.165) is 6.54 Å². The first-order valence-corrected chi connectivity index (χ1v) is 4.35. The molecule has 1 saturated heterocycles. The zero-order chi connectivity index (χ0) is 9.19. The molecular formula is C8H16F2N2. The van der Waals surface area contributed by atoms with Crippen molar-refractivity contribution in [2.45, 2.75) is 31.7 Å². The fraction of sp³-hybridized carbons (Fsp3) is 1.00. The molecule has 0 amide bonds. The zero-order valence-corrected chi connectivity index (χ0v) is 7.39. The van der Waals surface area contributed by atoms with Gasteiger partial charge in [0, 0.05) is 38.5 Å². The van der Waals surface area contributed by atoms with Crippen molar-refractivity contribution in [1.82, 2.24) is 4.90 Å². The van der Waals surface area contributed by atoms with E-state index in [1.165, 1.54) is 0 Å². The Hall–Kier alpha value is -0.220. The number of hydrogen-bond donors (Lipinski definition) is 1. The predicted octanol–water partition coefficient (Wildman–Crippen LogP) is 1.06. The second kappa shape index (κ2) is 3.66. The van der Waals surface area contributed by atoms with Crippen LogP contribution in [0.1, 0.15) is 19.8 Å². The molecule has 0 radical (unpaired) electrons. The van der Waals surface area contributed by atoms with Gasteiger partial charge in [-0.2, -0.15) is 0 Å². The maximum atomic E-state index is 12.7. The van der Waals surface area contributed by atoms with Crippen LogP contribution in [0.25, 0.3) is 0 Å². The van der Waals surface area contributed by atoms with Gasteiger partial charge in [-0.1, -0.05) is 0 Å². The van der Waals surface area contributed by atoms with E-state index in [0.29, 0.717) is 13.1 Å². The van der Waals surface area contributed by atoms with Crippen LogP contribution in [0.15, 0.2) is 0 Å². The van der Waals surface area contributed by atoms with E-state index in [-0.39, 0.29) is 18.9 Å². The largest absolute Gasteiger partial charge is 0.327 e. The van der Waals surface area contributed by atoms with Crippen molar-refractivity contribution in [2.75, 3.05) is 19.6 Å². The van der Waals surface area contributed by atoms with E-state index >= 15 is 0 Å². The first-order chi connectivity index (χ1) is 5.49. The summed E-state index contributed by atoms with van der Waals surface area (Å²) in [5, 5.41) is 0. The summed E-state index contributed by atoms with van der Waals surface area (Å²) in [5.74, 6) is -2.44. The third kappa shape index (κ3) is 3.03.